The van der Waals surface area contributed by atoms with Crippen LogP contribution in [0.5, 0.6) is 0 Å². The first-order valence-electron chi connectivity index (χ1n) is 8.00. The molecule has 0 amide bonds. The summed E-state index contributed by atoms with van der Waals surface area (Å²) in [5.41, 5.74) is 3.39. The Bertz CT molecular complexity index is 706. The summed E-state index contributed by atoms with van der Waals surface area (Å²) in [6.07, 6.45) is 0.975. The minimum atomic E-state index is 0. The fourth-order valence-electron chi connectivity index (χ4n) is 3.10. The van der Waals surface area contributed by atoms with Crippen molar-refractivity contribution in [3.63, 3.8) is 0 Å². The number of halogens is 3. The van der Waals surface area contributed by atoms with Crippen molar-refractivity contribution in [2.75, 3.05) is 37.7 Å². The summed E-state index contributed by atoms with van der Waals surface area (Å²) in [6, 6.07) is 7.71. The number of fused-ring (bicyclic) bond motifs is 1. The number of nitrogens with one attached hydrogen (secondary N) is 1. The van der Waals surface area contributed by atoms with Gasteiger partial charge in [0.2, 0.25) is 0 Å². The maximum atomic E-state index is 5.99. The van der Waals surface area contributed by atoms with Crippen LogP contribution in [0.25, 0.3) is 11.4 Å². The van der Waals surface area contributed by atoms with Crippen molar-refractivity contribution in [2.45, 2.75) is 13.0 Å². The van der Waals surface area contributed by atoms with Crippen LogP contribution in [-0.2, 0) is 17.7 Å². The lowest BCUT2D eigenvalue weighted by Crippen LogP contribution is -2.39. The second-order valence-corrected chi connectivity index (χ2v) is 6.27. The van der Waals surface area contributed by atoms with Crippen LogP contribution in [0.15, 0.2) is 24.3 Å². The Kier molecular flexibility index (Phi) is 7.28. The maximum absolute atomic E-state index is 5.99. The Morgan fingerprint density at radius 3 is 2.48 bits per heavy atom. The zero-order chi connectivity index (χ0) is 15.6. The van der Waals surface area contributed by atoms with E-state index in [2.05, 4.69) is 10.2 Å². The van der Waals surface area contributed by atoms with Crippen molar-refractivity contribution in [1.82, 2.24) is 15.3 Å². The molecule has 1 fully saturated rings. The molecule has 2 aliphatic rings. The number of rotatable bonds is 2. The molecule has 1 saturated heterocycles. The third-order valence-corrected chi connectivity index (χ3v) is 4.58. The van der Waals surface area contributed by atoms with Crippen LogP contribution >= 0.6 is 36.4 Å². The van der Waals surface area contributed by atoms with Crippen LogP contribution in [0.3, 0.4) is 0 Å². The number of nitrogens with zero attached hydrogens (tertiary/aromatic N) is 3. The Hall–Kier alpha value is -1.11. The van der Waals surface area contributed by atoms with Crippen molar-refractivity contribution in [3.8, 4) is 11.4 Å². The predicted octanol–water partition coefficient (Wildman–Crippen LogP) is 3.12. The number of anilines is 1. The smallest absolute Gasteiger partial charge is 0.161 e. The van der Waals surface area contributed by atoms with Gasteiger partial charge < -0.3 is 15.0 Å². The fraction of sp³-hybridized carbons (Fsp3) is 0.412. The summed E-state index contributed by atoms with van der Waals surface area (Å²) in [7, 11) is 0. The van der Waals surface area contributed by atoms with Crippen LogP contribution in [0.2, 0.25) is 5.02 Å². The van der Waals surface area contributed by atoms with E-state index >= 15 is 0 Å². The van der Waals surface area contributed by atoms with Crippen LogP contribution in [0.4, 0.5) is 5.82 Å². The van der Waals surface area contributed by atoms with Crippen molar-refractivity contribution in [2.24, 2.45) is 0 Å². The molecule has 2 aromatic rings. The number of benzene rings is 1. The van der Waals surface area contributed by atoms with Crippen LogP contribution in [0.1, 0.15) is 11.3 Å². The van der Waals surface area contributed by atoms with E-state index in [9.17, 15) is 0 Å². The first-order chi connectivity index (χ1) is 11.3. The molecule has 0 radical (unpaired) electrons. The quantitative estimate of drug-likeness (QED) is 0.835. The first kappa shape index (κ1) is 20.2. The summed E-state index contributed by atoms with van der Waals surface area (Å²) in [5.74, 6) is 1.84. The topological polar surface area (TPSA) is 50.3 Å². The second-order valence-electron chi connectivity index (χ2n) is 5.83. The lowest BCUT2D eigenvalue weighted by atomic mass is 10.1. The lowest BCUT2D eigenvalue weighted by molar-refractivity contribution is 0.122. The highest BCUT2D eigenvalue weighted by Gasteiger charge is 2.23. The Morgan fingerprint density at radius 2 is 1.76 bits per heavy atom. The molecule has 8 heteroatoms. The molecule has 0 spiro atoms. The molecule has 3 heterocycles. The molecule has 4 rings (SSSR count). The summed E-state index contributed by atoms with van der Waals surface area (Å²) < 4.78 is 5.48. The van der Waals surface area contributed by atoms with E-state index in [0.29, 0.717) is 0 Å². The summed E-state index contributed by atoms with van der Waals surface area (Å²) in [6.45, 7) is 5.07. The molecular formula is C17H21Cl3N4O. The molecule has 0 saturated carbocycles. The van der Waals surface area contributed by atoms with Crippen LogP contribution in [0, 0.1) is 0 Å². The molecular weight excluding hydrogens is 383 g/mol. The molecule has 1 N–H and O–H groups in total. The van der Waals surface area contributed by atoms with Crippen molar-refractivity contribution >= 4 is 42.2 Å². The van der Waals surface area contributed by atoms with Gasteiger partial charge in [0.15, 0.2) is 5.82 Å². The van der Waals surface area contributed by atoms with E-state index in [1.54, 1.807) is 0 Å². The van der Waals surface area contributed by atoms with E-state index in [1.807, 2.05) is 24.3 Å². The van der Waals surface area contributed by atoms with Gasteiger partial charge in [-0.05, 0) is 37.2 Å². The van der Waals surface area contributed by atoms with Gasteiger partial charge in [-0.15, -0.1) is 24.8 Å². The van der Waals surface area contributed by atoms with Crippen LogP contribution in [-0.4, -0.2) is 42.8 Å². The zero-order valence-electron chi connectivity index (χ0n) is 13.7. The molecule has 0 atom stereocenters. The standard InChI is InChI=1S/C17H19ClN4O.2ClH/c18-13-3-1-12(2-4-13)16-20-15-11-19-6-5-14(15)17(21-16)22-7-9-23-10-8-22;;/h1-4,19H,5-11H2;2*1H. The van der Waals surface area contributed by atoms with Gasteiger partial charge >= 0.3 is 0 Å². The monoisotopic (exact) mass is 402 g/mol. The molecule has 1 aromatic heterocycles. The molecule has 2 aliphatic heterocycles. The zero-order valence-corrected chi connectivity index (χ0v) is 16.1. The summed E-state index contributed by atoms with van der Waals surface area (Å²) >= 11 is 5.99. The molecule has 25 heavy (non-hydrogen) atoms. The summed E-state index contributed by atoms with van der Waals surface area (Å²) in [5, 5.41) is 4.13. The molecule has 0 aliphatic carbocycles. The van der Waals surface area contributed by atoms with Gasteiger partial charge in [-0.2, -0.15) is 0 Å². The van der Waals surface area contributed by atoms with E-state index < -0.39 is 0 Å². The number of ether oxygens (including phenoxy) is 1. The van der Waals surface area contributed by atoms with E-state index in [0.717, 1.165) is 73.7 Å². The highest BCUT2D eigenvalue weighted by atomic mass is 35.5. The minimum absolute atomic E-state index is 0. The Morgan fingerprint density at radius 1 is 1.04 bits per heavy atom. The molecule has 136 valence electrons. The van der Waals surface area contributed by atoms with E-state index in [1.165, 1.54) is 5.56 Å². The average molecular weight is 404 g/mol. The molecule has 1 aromatic carbocycles. The average Bonchev–Trinajstić information content (AvgIpc) is 2.62. The van der Waals surface area contributed by atoms with Gasteiger partial charge in [0.05, 0.1) is 18.9 Å². The lowest BCUT2D eigenvalue weighted by Gasteiger charge is -2.31. The van der Waals surface area contributed by atoms with Crippen molar-refractivity contribution in [1.29, 1.82) is 0 Å². The number of morpholine rings is 1. The first-order valence-corrected chi connectivity index (χ1v) is 8.38. The number of hydrogen-bond donors (Lipinski definition) is 1. The van der Waals surface area contributed by atoms with Gasteiger partial charge in [-0.3, -0.25) is 0 Å². The van der Waals surface area contributed by atoms with Crippen molar-refractivity contribution in [3.05, 3.63) is 40.5 Å². The molecule has 0 unspecified atom stereocenters. The van der Waals surface area contributed by atoms with E-state index in [4.69, 9.17) is 26.3 Å². The fourth-order valence-corrected chi connectivity index (χ4v) is 3.23. The highest BCUT2D eigenvalue weighted by molar-refractivity contribution is 6.30. The molecule has 0 bridgehead atoms. The van der Waals surface area contributed by atoms with E-state index in [-0.39, 0.29) is 24.8 Å². The summed E-state index contributed by atoms with van der Waals surface area (Å²) in [4.78, 5) is 12.0. The SMILES string of the molecule is Cl.Cl.Clc1ccc(-c2nc3c(c(N4CCOCC4)n2)CCNC3)cc1. The molecule has 5 nitrogen and oxygen atoms in total. The van der Waals surface area contributed by atoms with Gasteiger partial charge in [0.25, 0.3) is 0 Å². The Balaban J connectivity index is 0.00000113. The van der Waals surface area contributed by atoms with Crippen LogP contribution < -0.4 is 10.2 Å². The van der Waals surface area contributed by atoms with Crippen molar-refractivity contribution < 1.29 is 4.74 Å². The third kappa shape index (κ3) is 4.36. The number of aromatic nitrogens is 2. The minimum Gasteiger partial charge on any atom is -0.378 e. The second kappa shape index (κ2) is 9.01. The predicted molar refractivity (Wildman–Crippen MR) is 105 cm³/mol. The maximum Gasteiger partial charge on any atom is 0.161 e. The van der Waals surface area contributed by atoms with Gasteiger partial charge in [-0.1, -0.05) is 11.6 Å². The van der Waals surface area contributed by atoms with Gasteiger partial charge in [0, 0.05) is 35.8 Å². The number of hydrogen-bond acceptors (Lipinski definition) is 5. The normalized spacial score (nSPS) is 16.4. The largest absolute Gasteiger partial charge is 0.378 e. The van der Waals surface area contributed by atoms with Gasteiger partial charge in [-0.25, -0.2) is 9.97 Å². The third-order valence-electron chi connectivity index (χ3n) is 4.33. The highest BCUT2D eigenvalue weighted by Crippen LogP contribution is 2.28. The Labute approximate surface area is 165 Å². The van der Waals surface area contributed by atoms with Gasteiger partial charge in [0.1, 0.15) is 5.82 Å².